The fourth-order valence-electron chi connectivity index (χ4n) is 3.75. The van der Waals surface area contributed by atoms with E-state index in [2.05, 4.69) is 52.0 Å². The Labute approximate surface area is 166 Å². The number of nitrogens with zero attached hydrogens (tertiary/aromatic N) is 1. The van der Waals surface area contributed by atoms with Crippen LogP contribution in [0.5, 0.6) is 0 Å². The molecule has 1 aliphatic rings. The quantitative estimate of drug-likeness (QED) is 0.655. The summed E-state index contributed by atoms with van der Waals surface area (Å²) in [6, 6.07) is 22.6. The highest BCUT2D eigenvalue weighted by molar-refractivity contribution is 5.93. The van der Waals surface area contributed by atoms with E-state index >= 15 is 0 Å². The van der Waals surface area contributed by atoms with Crippen LogP contribution in [-0.2, 0) is 19.4 Å². The van der Waals surface area contributed by atoms with Crippen molar-refractivity contribution in [2.45, 2.75) is 38.3 Å². The number of pyridine rings is 1. The predicted molar refractivity (Wildman–Crippen MR) is 112 cm³/mol. The highest BCUT2D eigenvalue weighted by Gasteiger charge is 2.19. The van der Waals surface area contributed by atoms with Gasteiger partial charge in [-0.3, -0.25) is 9.78 Å². The van der Waals surface area contributed by atoms with Crippen LogP contribution >= 0.6 is 0 Å². The highest BCUT2D eigenvalue weighted by atomic mass is 16.1. The number of amides is 1. The summed E-state index contributed by atoms with van der Waals surface area (Å²) < 4.78 is 0. The highest BCUT2D eigenvalue weighted by Crippen LogP contribution is 2.21. The SMILES string of the molecule is O=C(NC1CCCc2ccccc2C1)c1cc(NCc2ccccc2)ccn1. The normalized spacial score (nSPS) is 15.9. The van der Waals surface area contributed by atoms with Gasteiger partial charge >= 0.3 is 0 Å². The van der Waals surface area contributed by atoms with Gasteiger partial charge < -0.3 is 10.6 Å². The van der Waals surface area contributed by atoms with Gasteiger partial charge in [-0.15, -0.1) is 0 Å². The molecule has 3 aromatic rings. The average Bonchev–Trinajstić information content (AvgIpc) is 2.95. The van der Waals surface area contributed by atoms with E-state index in [1.165, 1.54) is 16.7 Å². The Balaban J connectivity index is 1.39. The summed E-state index contributed by atoms with van der Waals surface area (Å²) in [6.07, 6.45) is 5.73. The topological polar surface area (TPSA) is 54.0 Å². The Kier molecular flexibility index (Phi) is 5.66. The Morgan fingerprint density at radius 3 is 2.64 bits per heavy atom. The zero-order valence-corrected chi connectivity index (χ0v) is 15.9. The summed E-state index contributed by atoms with van der Waals surface area (Å²) in [5.41, 5.74) is 5.30. The molecule has 0 saturated carbocycles. The van der Waals surface area contributed by atoms with Crippen molar-refractivity contribution in [1.82, 2.24) is 10.3 Å². The zero-order chi connectivity index (χ0) is 19.2. The first-order valence-electron chi connectivity index (χ1n) is 9.89. The minimum Gasteiger partial charge on any atom is -0.381 e. The number of carbonyl (C=O) groups is 1. The first-order valence-corrected chi connectivity index (χ1v) is 9.89. The molecule has 1 aromatic heterocycles. The summed E-state index contributed by atoms with van der Waals surface area (Å²) in [4.78, 5) is 17.0. The van der Waals surface area contributed by atoms with Crippen molar-refractivity contribution in [2.75, 3.05) is 5.32 Å². The van der Waals surface area contributed by atoms with E-state index in [-0.39, 0.29) is 11.9 Å². The number of aromatic nitrogens is 1. The van der Waals surface area contributed by atoms with Crippen LogP contribution in [0.25, 0.3) is 0 Å². The summed E-state index contributed by atoms with van der Waals surface area (Å²) in [7, 11) is 0. The molecule has 2 aromatic carbocycles. The minimum atomic E-state index is -0.104. The van der Waals surface area contributed by atoms with Crippen LogP contribution in [0.15, 0.2) is 72.9 Å². The lowest BCUT2D eigenvalue weighted by molar-refractivity contribution is 0.0930. The monoisotopic (exact) mass is 371 g/mol. The van der Waals surface area contributed by atoms with Gasteiger partial charge in [-0.25, -0.2) is 0 Å². The Hall–Kier alpha value is -3.14. The molecule has 0 aliphatic heterocycles. The van der Waals surface area contributed by atoms with E-state index in [0.717, 1.165) is 31.4 Å². The number of aryl methyl sites for hydroxylation is 1. The van der Waals surface area contributed by atoms with Crippen LogP contribution in [0.1, 0.15) is 40.0 Å². The minimum absolute atomic E-state index is 0.104. The van der Waals surface area contributed by atoms with Crippen molar-refractivity contribution >= 4 is 11.6 Å². The van der Waals surface area contributed by atoms with Gasteiger partial charge in [0.1, 0.15) is 5.69 Å². The third-order valence-corrected chi connectivity index (χ3v) is 5.25. The molecular formula is C24H25N3O. The molecule has 1 unspecified atom stereocenters. The number of hydrogen-bond acceptors (Lipinski definition) is 3. The molecule has 4 rings (SSSR count). The summed E-state index contributed by atoms with van der Waals surface area (Å²) in [5.74, 6) is -0.104. The van der Waals surface area contributed by atoms with E-state index in [0.29, 0.717) is 12.2 Å². The van der Waals surface area contributed by atoms with Gasteiger partial charge in [-0.05, 0) is 54.5 Å². The first kappa shape index (κ1) is 18.2. The molecule has 28 heavy (non-hydrogen) atoms. The second kappa shape index (κ2) is 8.70. The molecule has 2 N–H and O–H groups in total. The smallest absolute Gasteiger partial charge is 0.270 e. The van der Waals surface area contributed by atoms with Crippen LogP contribution in [0.3, 0.4) is 0 Å². The number of carbonyl (C=O) groups excluding carboxylic acids is 1. The van der Waals surface area contributed by atoms with E-state index in [9.17, 15) is 4.79 Å². The average molecular weight is 371 g/mol. The lowest BCUT2D eigenvalue weighted by Crippen LogP contribution is -2.36. The molecule has 0 radical (unpaired) electrons. The van der Waals surface area contributed by atoms with Crippen molar-refractivity contribution in [3.8, 4) is 0 Å². The first-order chi connectivity index (χ1) is 13.8. The number of hydrogen-bond donors (Lipinski definition) is 2. The number of rotatable bonds is 5. The molecule has 4 nitrogen and oxygen atoms in total. The Bertz CT molecular complexity index is 939. The molecule has 0 bridgehead atoms. The number of fused-ring (bicyclic) bond motifs is 1. The second-order valence-corrected chi connectivity index (χ2v) is 7.30. The van der Waals surface area contributed by atoms with Crippen molar-refractivity contribution in [2.24, 2.45) is 0 Å². The van der Waals surface area contributed by atoms with Crippen molar-refractivity contribution in [3.63, 3.8) is 0 Å². The maximum Gasteiger partial charge on any atom is 0.270 e. The van der Waals surface area contributed by atoms with Crippen LogP contribution in [0, 0.1) is 0 Å². The molecule has 4 heteroatoms. The molecule has 1 aliphatic carbocycles. The second-order valence-electron chi connectivity index (χ2n) is 7.30. The van der Waals surface area contributed by atoms with Crippen LogP contribution in [0.4, 0.5) is 5.69 Å². The zero-order valence-electron chi connectivity index (χ0n) is 15.9. The fraction of sp³-hybridized carbons (Fsp3) is 0.250. The third kappa shape index (κ3) is 4.58. The molecule has 1 amide bonds. The molecule has 0 spiro atoms. The van der Waals surface area contributed by atoms with Crippen molar-refractivity contribution in [1.29, 1.82) is 0 Å². The van der Waals surface area contributed by atoms with Gasteiger partial charge in [-0.2, -0.15) is 0 Å². The van der Waals surface area contributed by atoms with Gasteiger partial charge in [0.2, 0.25) is 0 Å². The molecule has 1 atom stereocenters. The lowest BCUT2D eigenvalue weighted by Gasteiger charge is -2.17. The van der Waals surface area contributed by atoms with Crippen molar-refractivity contribution in [3.05, 3.63) is 95.3 Å². The summed E-state index contributed by atoms with van der Waals surface area (Å²) in [6.45, 7) is 0.714. The Morgan fingerprint density at radius 1 is 1.00 bits per heavy atom. The number of anilines is 1. The summed E-state index contributed by atoms with van der Waals surface area (Å²) >= 11 is 0. The standard InChI is InChI=1S/C24H25N3O/c28-24(27-22-12-6-11-19-9-4-5-10-20(19)15-22)23-16-21(13-14-25-23)26-17-18-7-2-1-3-8-18/h1-5,7-10,13-14,16,22H,6,11-12,15,17H2,(H,25,26)(H,27,28). The van der Waals surface area contributed by atoms with E-state index in [4.69, 9.17) is 0 Å². The van der Waals surface area contributed by atoms with E-state index in [1.54, 1.807) is 6.20 Å². The number of nitrogens with one attached hydrogen (secondary N) is 2. The van der Waals surface area contributed by atoms with Gasteiger partial charge in [0.05, 0.1) is 0 Å². The van der Waals surface area contributed by atoms with Gasteiger partial charge in [-0.1, -0.05) is 54.6 Å². The van der Waals surface area contributed by atoms with Crippen LogP contribution in [0.2, 0.25) is 0 Å². The maximum absolute atomic E-state index is 12.8. The van der Waals surface area contributed by atoms with Gasteiger partial charge in [0, 0.05) is 24.5 Å². The molecule has 0 fully saturated rings. The fourth-order valence-corrected chi connectivity index (χ4v) is 3.75. The maximum atomic E-state index is 12.8. The van der Waals surface area contributed by atoms with Crippen molar-refractivity contribution < 1.29 is 4.79 Å². The van der Waals surface area contributed by atoms with Crippen LogP contribution < -0.4 is 10.6 Å². The molecule has 0 saturated heterocycles. The lowest BCUT2D eigenvalue weighted by atomic mass is 10.0. The molecular weight excluding hydrogens is 346 g/mol. The number of benzene rings is 2. The molecule has 1 heterocycles. The van der Waals surface area contributed by atoms with Gasteiger partial charge in [0.15, 0.2) is 0 Å². The Morgan fingerprint density at radius 2 is 1.79 bits per heavy atom. The summed E-state index contributed by atoms with van der Waals surface area (Å²) in [5, 5.41) is 6.55. The van der Waals surface area contributed by atoms with E-state index < -0.39 is 0 Å². The van der Waals surface area contributed by atoms with E-state index in [1.807, 2.05) is 30.3 Å². The largest absolute Gasteiger partial charge is 0.381 e. The molecule has 142 valence electrons. The van der Waals surface area contributed by atoms with Gasteiger partial charge in [0.25, 0.3) is 5.91 Å². The predicted octanol–water partition coefficient (Wildman–Crippen LogP) is 4.37. The van der Waals surface area contributed by atoms with Crippen LogP contribution in [-0.4, -0.2) is 16.9 Å². The third-order valence-electron chi connectivity index (χ3n) is 5.25.